The van der Waals surface area contributed by atoms with Crippen molar-refractivity contribution >= 4 is 32.8 Å². The minimum absolute atomic E-state index is 0.154. The maximum absolute atomic E-state index is 13.5. The number of aromatic nitrogens is 3. The van der Waals surface area contributed by atoms with Gasteiger partial charge in [-0.05, 0) is 57.7 Å². The van der Waals surface area contributed by atoms with Crippen LogP contribution >= 0.6 is 0 Å². The van der Waals surface area contributed by atoms with E-state index in [1.54, 1.807) is 36.5 Å². The number of carbonyl (C=O) groups excluding carboxylic acids is 1. The van der Waals surface area contributed by atoms with Crippen LogP contribution in [-0.4, -0.2) is 59.1 Å². The Morgan fingerprint density at radius 1 is 1.05 bits per heavy atom. The molecule has 5 rings (SSSR count). The molecule has 9 nitrogen and oxygen atoms in total. The van der Waals surface area contributed by atoms with Crippen LogP contribution in [0.25, 0.3) is 11.0 Å². The van der Waals surface area contributed by atoms with Crippen LogP contribution in [0, 0.1) is 12.8 Å². The summed E-state index contributed by atoms with van der Waals surface area (Å²) in [4.78, 5) is 21.9. The summed E-state index contributed by atoms with van der Waals surface area (Å²) in [5, 5.41) is 5.15. The van der Waals surface area contributed by atoms with Crippen LogP contribution in [-0.2, 0) is 19.6 Å². The third-order valence-electron chi connectivity index (χ3n) is 7.47. The Bertz CT molecular complexity index is 1350. The van der Waals surface area contributed by atoms with E-state index in [2.05, 4.69) is 15.0 Å². The van der Waals surface area contributed by atoms with Crippen molar-refractivity contribution in [1.82, 2.24) is 18.9 Å². The second-order valence-corrected chi connectivity index (χ2v) is 11.8. The molecule has 1 unspecified atom stereocenters. The highest BCUT2D eigenvalue weighted by Crippen LogP contribution is 2.35. The molecule has 2 aromatic heterocycles. The fourth-order valence-corrected chi connectivity index (χ4v) is 6.89. The quantitative estimate of drug-likeness (QED) is 0.421. The van der Waals surface area contributed by atoms with Crippen molar-refractivity contribution in [2.45, 2.75) is 69.7 Å². The Morgan fingerprint density at radius 3 is 2.54 bits per heavy atom. The van der Waals surface area contributed by atoms with E-state index in [1.165, 1.54) is 16.7 Å². The SMILES string of the molecule is CCOC(=O)C1CCCN(N(c2ncnc3c2ccn3S(=O)(=O)c2ccc(C)cc2)C2CCCCC2)C1. The number of ether oxygens (including phenoxy) is 1. The van der Waals surface area contributed by atoms with Crippen LogP contribution in [0.5, 0.6) is 0 Å². The van der Waals surface area contributed by atoms with Crippen LogP contribution < -0.4 is 5.01 Å². The summed E-state index contributed by atoms with van der Waals surface area (Å²) in [7, 11) is -3.82. The lowest BCUT2D eigenvalue weighted by Crippen LogP contribution is -2.55. The molecule has 0 spiro atoms. The standard InChI is InChI=1S/C27H35N5O4S/c1-3-36-27(33)21-8-7-16-30(18-21)32(22-9-5-4-6-10-22)26-24-15-17-31(25(24)28-19-29-26)37(34,35)23-13-11-20(2)12-14-23/h11-15,17,19,21-22H,3-10,16,18H2,1-2H3. The molecule has 1 aliphatic carbocycles. The van der Waals surface area contributed by atoms with Crippen molar-refractivity contribution < 1.29 is 17.9 Å². The Balaban J connectivity index is 1.55. The first-order valence-corrected chi connectivity index (χ1v) is 14.7. The maximum Gasteiger partial charge on any atom is 0.310 e. The van der Waals surface area contributed by atoms with Crippen LogP contribution in [0.4, 0.5) is 5.82 Å². The molecule has 2 fully saturated rings. The zero-order valence-corrected chi connectivity index (χ0v) is 22.4. The van der Waals surface area contributed by atoms with E-state index in [0.29, 0.717) is 30.0 Å². The molecule has 1 saturated carbocycles. The summed E-state index contributed by atoms with van der Waals surface area (Å²) < 4.78 is 33.6. The number of anilines is 1. The van der Waals surface area contributed by atoms with Crippen molar-refractivity contribution in [3.05, 3.63) is 48.4 Å². The summed E-state index contributed by atoms with van der Waals surface area (Å²) in [6.07, 6.45) is 10.2. The van der Waals surface area contributed by atoms with Crippen LogP contribution in [0.2, 0.25) is 0 Å². The first-order chi connectivity index (χ1) is 17.9. The Hall–Kier alpha value is -2.98. The molecule has 1 aromatic carbocycles. The average molecular weight is 526 g/mol. The van der Waals surface area contributed by atoms with Gasteiger partial charge in [-0.3, -0.25) is 9.80 Å². The van der Waals surface area contributed by atoms with Crippen LogP contribution in [0.3, 0.4) is 0 Å². The molecule has 3 heterocycles. The largest absolute Gasteiger partial charge is 0.466 e. The molecular formula is C27H35N5O4S. The van der Waals surface area contributed by atoms with Gasteiger partial charge in [0.05, 0.1) is 22.8 Å². The van der Waals surface area contributed by atoms with Gasteiger partial charge >= 0.3 is 5.97 Å². The maximum atomic E-state index is 13.5. The Labute approximate surface area is 218 Å². The second-order valence-electron chi connectivity index (χ2n) is 10.0. The van der Waals surface area contributed by atoms with Crippen molar-refractivity contribution in [2.24, 2.45) is 5.92 Å². The first-order valence-electron chi connectivity index (χ1n) is 13.2. The molecule has 1 saturated heterocycles. The molecule has 198 valence electrons. The normalized spacial score (nSPS) is 19.7. The van der Waals surface area contributed by atoms with E-state index in [9.17, 15) is 13.2 Å². The summed E-state index contributed by atoms with van der Waals surface area (Å²) in [5.41, 5.74) is 1.34. The number of rotatable bonds is 7. The number of esters is 1. The second kappa shape index (κ2) is 10.8. The Morgan fingerprint density at radius 2 is 1.81 bits per heavy atom. The predicted octanol–water partition coefficient (Wildman–Crippen LogP) is 4.31. The van der Waals surface area contributed by atoms with Gasteiger partial charge in [-0.1, -0.05) is 37.0 Å². The molecule has 3 aromatic rings. The van der Waals surface area contributed by atoms with E-state index in [0.717, 1.165) is 50.6 Å². The molecule has 1 aliphatic heterocycles. The topological polar surface area (TPSA) is 97.6 Å². The van der Waals surface area contributed by atoms with Gasteiger partial charge in [0.2, 0.25) is 0 Å². The monoisotopic (exact) mass is 525 g/mol. The molecule has 0 bridgehead atoms. The molecule has 1 atom stereocenters. The minimum atomic E-state index is -3.82. The van der Waals surface area contributed by atoms with Gasteiger partial charge in [0.25, 0.3) is 10.0 Å². The highest BCUT2D eigenvalue weighted by atomic mass is 32.2. The van der Waals surface area contributed by atoms with Gasteiger partial charge in [0.15, 0.2) is 11.5 Å². The molecule has 10 heteroatoms. The van der Waals surface area contributed by atoms with E-state index in [1.807, 2.05) is 13.8 Å². The smallest absolute Gasteiger partial charge is 0.310 e. The van der Waals surface area contributed by atoms with Gasteiger partial charge in [-0.2, -0.15) is 0 Å². The van der Waals surface area contributed by atoms with Crippen molar-refractivity contribution in [2.75, 3.05) is 24.7 Å². The van der Waals surface area contributed by atoms with Gasteiger partial charge in [-0.15, -0.1) is 0 Å². The number of hydrogen-bond donors (Lipinski definition) is 0. The highest BCUT2D eigenvalue weighted by molar-refractivity contribution is 7.90. The van der Waals surface area contributed by atoms with Crippen LogP contribution in [0.15, 0.2) is 47.8 Å². The third kappa shape index (κ3) is 5.09. The summed E-state index contributed by atoms with van der Waals surface area (Å²) in [6, 6.07) is 8.84. The van der Waals surface area contributed by atoms with Crippen molar-refractivity contribution in [3.8, 4) is 0 Å². The number of nitrogens with zero attached hydrogens (tertiary/aromatic N) is 5. The zero-order chi connectivity index (χ0) is 26.0. The van der Waals surface area contributed by atoms with E-state index >= 15 is 0 Å². The fraction of sp³-hybridized carbons (Fsp3) is 0.519. The fourth-order valence-electron chi connectivity index (χ4n) is 5.58. The third-order valence-corrected chi connectivity index (χ3v) is 9.15. The first kappa shape index (κ1) is 25.7. The summed E-state index contributed by atoms with van der Waals surface area (Å²) in [5.74, 6) is 0.349. The van der Waals surface area contributed by atoms with Gasteiger partial charge in [0, 0.05) is 25.3 Å². The van der Waals surface area contributed by atoms with Crippen LogP contribution in [0.1, 0.15) is 57.4 Å². The Kier molecular flexibility index (Phi) is 7.48. The summed E-state index contributed by atoms with van der Waals surface area (Å²) >= 11 is 0. The highest BCUT2D eigenvalue weighted by Gasteiger charge is 2.35. The number of hydrazine groups is 1. The van der Waals surface area contributed by atoms with Gasteiger partial charge < -0.3 is 4.74 Å². The molecule has 37 heavy (non-hydrogen) atoms. The molecule has 0 radical (unpaired) electrons. The lowest BCUT2D eigenvalue weighted by atomic mass is 9.94. The van der Waals surface area contributed by atoms with E-state index < -0.39 is 10.0 Å². The predicted molar refractivity (Wildman–Crippen MR) is 142 cm³/mol. The van der Waals surface area contributed by atoms with Crippen molar-refractivity contribution in [3.63, 3.8) is 0 Å². The number of benzene rings is 1. The zero-order valence-electron chi connectivity index (χ0n) is 21.5. The molecule has 0 N–H and O–H groups in total. The number of hydrogen-bond acceptors (Lipinski definition) is 8. The minimum Gasteiger partial charge on any atom is -0.466 e. The van der Waals surface area contributed by atoms with E-state index in [4.69, 9.17) is 9.72 Å². The van der Waals surface area contributed by atoms with E-state index in [-0.39, 0.29) is 22.8 Å². The molecule has 2 aliphatic rings. The number of piperidine rings is 1. The average Bonchev–Trinajstić information content (AvgIpc) is 3.36. The lowest BCUT2D eigenvalue weighted by Gasteiger charge is -2.45. The number of carbonyl (C=O) groups is 1. The van der Waals surface area contributed by atoms with Gasteiger partial charge in [0.1, 0.15) is 6.33 Å². The van der Waals surface area contributed by atoms with Gasteiger partial charge in [-0.25, -0.2) is 27.4 Å². The number of aryl methyl sites for hydroxylation is 1. The molecule has 0 amide bonds. The molecular weight excluding hydrogens is 490 g/mol. The van der Waals surface area contributed by atoms with Crippen molar-refractivity contribution in [1.29, 1.82) is 0 Å². The summed E-state index contributed by atoms with van der Waals surface area (Å²) in [6.45, 7) is 5.49. The lowest BCUT2D eigenvalue weighted by molar-refractivity contribution is -0.150. The number of fused-ring (bicyclic) bond motifs is 1.